The van der Waals surface area contributed by atoms with E-state index in [9.17, 15) is 18.5 Å². The first-order valence-corrected chi connectivity index (χ1v) is 8.63. The Bertz CT molecular complexity index is 867. The molecule has 0 saturated carbocycles. The number of nitro groups is 1. The average Bonchev–Trinajstić information content (AvgIpc) is 2.48. The molecule has 0 aliphatic heterocycles. The van der Waals surface area contributed by atoms with Crippen molar-refractivity contribution in [2.24, 2.45) is 0 Å². The molecular weight excluding hydrogens is 388 g/mol. The van der Waals surface area contributed by atoms with Gasteiger partial charge in [0.25, 0.3) is 15.7 Å². The fraction of sp³-hybridized carbons (Fsp3) is 0.143. The Hall–Kier alpha value is -2.13. The van der Waals surface area contributed by atoms with Gasteiger partial charge in [-0.05, 0) is 36.8 Å². The molecule has 9 heteroatoms. The quantitative estimate of drug-likeness (QED) is 0.611. The zero-order valence-electron chi connectivity index (χ0n) is 12.2. The maximum Gasteiger partial charge on any atom is 0.291 e. The van der Waals surface area contributed by atoms with E-state index in [1.807, 2.05) is 6.92 Å². The molecule has 122 valence electrons. The minimum Gasteiger partial charge on any atom is -0.495 e. The predicted octanol–water partition coefficient (Wildman–Crippen LogP) is 3.48. The van der Waals surface area contributed by atoms with E-state index in [1.165, 1.54) is 25.3 Å². The van der Waals surface area contributed by atoms with Gasteiger partial charge >= 0.3 is 0 Å². The third-order valence-corrected chi connectivity index (χ3v) is 4.91. The van der Waals surface area contributed by atoms with Gasteiger partial charge in [0.05, 0.1) is 17.7 Å². The van der Waals surface area contributed by atoms with Crippen molar-refractivity contribution in [1.82, 2.24) is 0 Å². The summed E-state index contributed by atoms with van der Waals surface area (Å²) in [6.07, 6.45) is 0. The minimum atomic E-state index is -4.14. The molecule has 2 rings (SSSR count). The Morgan fingerprint density at radius 3 is 2.52 bits per heavy atom. The lowest BCUT2D eigenvalue weighted by molar-refractivity contribution is -0.387. The minimum absolute atomic E-state index is 0.204. The number of aryl methyl sites for hydroxylation is 1. The molecule has 0 unspecified atom stereocenters. The number of rotatable bonds is 5. The summed E-state index contributed by atoms with van der Waals surface area (Å²) >= 11 is 3.09. The Labute approximate surface area is 141 Å². The highest BCUT2D eigenvalue weighted by Crippen LogP contribution is 2.32. The van der Waals surface area contributed by atoms with Gasteiger partial charge in [-0.25, -0.2) is 8.42 Å². The van der Waals surface area contributed by atoms with Gasteiger partial charge in [-0.2, -0.15) is 0 Å². The molecule has 1 N–H and O–H groups in total. The van der Waals surface area contributed by atoms with E-state index < -0.39 is 25.5 Å². The smallest absolute Gasteiger partial charge is 0.291 e. The van der Waals surface area contributed by atoms with E-state index in [-0.39, 0.29) is 5.69 Å². The fourth-order valence-electron chi connectivity index (χ4n) is 1.94. The van der Waals surface area contributed by atoms with Crippen molar-refractivity contribution in [1.29, 1.82) is 0 Å². The Kier molecular flexibility index (Phi) is 4.90. The van der Waals surface area contributed by atoms with Crippen molar-refractivity contribution in [3.63, 3.8) is 0 Å². The first-order valence-electron chi connectivity index (χ1n) is 6.36. The van der Waals surface area contributed by atoms with E-state index in [0.717, 1.165) is 11.6 Å². The SMILES string of the molecule is COc1cc(C)ccc1NS(=O)(=O)c1ccc(Br)cc1[N+](=O)[O-]. The number of nitrogens with one attached hydrogen (secondary N) is 1. The van der Waals surface area contributed by atoms with Crippen LogP contribution < -0.4 is 9.46 Å². The number of methoxy groups -OCH3 is 1. The molecule has 0 aliphatic rings. The lowest BCUT2D eigenvalue weighted by Gasteiger charge is -2.12. The summed E-state index contributed by atoms with van der Waals surface area (Å²) in [7, 11) is -2.73. The highest BCUT2D eigenvalue weighted by molar-refractivity contribution is 9.10. The number of hydrogen-bond acceptors (Lipinski definition) is 5. The second kappa shape index (κ2) is 6.55. The third-order valence-electron chi connectivity index (χ3n) is 3.01. The van der Waals surface area contributed by atoms with Gasteiger partial charge in [-0.15, -0.1) is 0 Å². The number of sulfonamides is 1. The van der Waals surface area contributed by atoms with Gasteiger partial charge in [-0.3, -0.25) is 14.8 Å². The highest BCUT2D eigenvalue weighted by atomic mass is 79.9. The summed E-state index contributed by atoms with van der Waals surface area (Å²) in [4.78, 5) is 9.94. The van der Waals surface area contributed by atoms with Crippen LogP contribution in [-0.4, -0.2) is 20.5 Å². The zero-order valence-corrected chi connectivity index (χ0v) is 14.6. The van der Waals surface area contributed by atoms with Gasteiger partial charge in [0, 0.05) is 10.5 Å². The highest BCUT2D eigenvalue weighted by Gasteiger charge is 2.27. The molecule has 0 aliphatic carbocycles. The first kappa shape index (κ1) is 17.2. The van der Waals surface area contributed by atoms with Gasteiger partial charge in [-0.1, -0.05) is 22.0 Å². The van der Waals surface area contributed by atoms with Gasteiger partial charge in [0.15, 0.2) is 4.90 Å². The zero-order chi connectivity index (χ0) is 17.2. The van der Waals surface area contributed by atoms with Crippen molar-refractivity contribution < 1.29 is 18.1 Å². The van der Waals surface area contributed by atoms with Gasteiger partial charge in [0.2, 0.25) is 0 Å². The van der Waals surface area contributed by atoms with E-state index in [1.54, 1.807) is 12.1 Å². The largest absolute Gasteiger partial charge is 0.495 e. The Morgan fingerprint density at radius 1 is 1.22 bits per heavy atom. The number of nitro benzene ring substituents is 1. The summed E-state index contributed by atoms with van der Waals surface area (Å²) < 4.78 is 32.9. The molecule has 0 fully saturated rings. The van der Waals surface area contributed by atoms with Crippen LogP contribution in [0.4, 0.5) is 11.4 Å². The monoisotopic (exact) mass is 400 g/mol. The van der Waals surface area contributed by atoms with Crippen molar-refractivity contribution in [2.75, 3.05) is 11.8 Å². The van der Waals surface area contributed by atoms with Crippen LogP contribution in [0, 0.1) is 17.0 Å². The summed E-state index contributed by atoms with van der Waals surface area (Å²) in [6.45, 7) is 1.83. The van der Waals surface area contributed by atoms with Crippen molar-refractivity contribution in [3.05, 3.63) is 56.5 Å². The van der Waals surface area contributed by atoms with Crippen LogP contribution in [0.2, 0.25) is 0 Å². The van der Waals surface area contributed by atoms with E-state index in [4.69, 9.17) is 4.74 Å². The van der Waals surface area contributed by atoms with Crippen molar-refractivity contribution in [3.8, 4) is 5.75 Å². The number of halogens is 1. The molecule has 0 atom stereocenters. The van der Waals surface area contributed by atoms with Gasteiger partial charge < -0.3 is 4.74 Å². The molecule has 0 aromatic heterocycles. The van der Waals surface area contributed by atoms with E-state index in [2.05, 4.69) is 20.7 Å². The Balaban J connectivity index is 2.50. The van der Waals surface area contributed by atoms with Crippen molar-refractivity contribution in [2.45, 2.75) is 11.8 Å². The number of ether oxygens (including phenoxy) is 1. The molecule has 0 bridgehead atoms. The molecule has 23 heavy (non-hydrogen) atoms. The second-order valence-corrected chi connectivity index (χ2v) is 7.24. The lowest BCUT2D eigenvalue weighted by Crippen LogP contribution is -2.15. The number of benzene rings is 2. The molecule has 0 heterocycles. The summed E-state index contributed by atoms with van der Waals surface area (Å²) in [6, 6.07) is 8.64. The first-order chi connectivity index (χ1) is 10.7. The maximum atomic E-state index is 12.5. The second-order valence-electron chi connectivity index (χ2n) is 4.68. The van der Waals surface area contributed by atoms with E-state index >= 15 is 0 Å². The molecule has 2 aromatic carbocycles. The molecule has 7 nitrogen and oxygen atoms in total. The van der Waals surface area contributed by atoms with Crippen LogP contribution in [0.5, 0.6) is 5.75 Å². The van der Waals surface area contributed by atoms with Crippen molar-refractivity contribution >= 4 is 37.3 Å². The van der Waals surface area contributed by atoms with E-state index in [0.29, 0.717) is 10.2 Å². The predicted molar refractivity (Wildman–Crippen MR) is 89.3 cm³/mol. The normalized spacial score (nSPS) is 11.1. The third kappa shape index (κ3) is 3.80. The fourth-order valence-corrected chi connectivity index (χ4v) is 3.52. The van der Waals surface area contributed by atoms with Crippen LogP contribution >= 0.6 is 15.9 Å². The van der Waals surface area contributed by atoms with Crippen LogP contribution in [0.1, 0.15) is 5.56 Å². The molecular formula is C14H13BrN2O5S. The summed E-state index contributed by atoms with van der Waals surface area (Å²) in [5.74, 6) is 0.327. The van der Waals surface area contributed by atoms with Crippen LogP contribution in [0.3, 0.4) is 0 Å². The molecule has 0 radical (unpaired) electrons. The number of nitrogens with zero attached hydrogens (tertiary/aromatic N) is 1. The maximum absolute atomic E-state index is 12.5. The molecule has 2 aromatic rings. The molecule has 0 spiro atoms. The standard InChI is InChI=1S/C14H13BrN2O5S/c1-9-3-5-11(13(7-9)22-2)16-23(20,21)14-6-4-10(15)8-12(14)17(18)19/h3-8,16H,1-2H3. The molecule has 0 amide bonds. The summed E-state index contributed by atoms with van der Waals surface area (Å²) in [5, 5.41) is 11.1. The number of anilines is 1. The number of hydrogen-bond donors (Lipinski definition) is 1. The topological polar surface area (TPSA) is 98.5 Å². The molecule has 0 saturated heterocycles. The lowest BCUT2D eigenvalue weighted by atomic mass is 10.2. The van der Waals surface area contributed by atoms with Crippen LogP contribution in [0.25, 0.3) is 0 Å². The Morgan fingerprint density at radius 2 is 1.91 bits per heavy atom. The van der Waals surface area contributed by atoms with Crippen LogP contribution in [-0.2, 0) is 10.0 Å². The average molecular weight is 401 g/mol. The van der Waals surface area contributed by atoms with Gasteiger partial charge in [0.1, 0.15) is 5.75 Å². The van der Waals surface area contributed by atoms with Crippen LogP contribution in [0.15, 0.2) is 45.8 Å². The summed E-state index contributed by atoms with van der Waals surface area (Å²) in [5.41, 5.74) is 0.577.